The van der Waals surface area contributed by atoms with Crippen LogP contribution in [0.5, 0.6) is 5.75 Å². The van der Waals surface area contributed by atoms with E-state index in [1.807, 2.05) is 30.3 Å². The van der Waals surface area contributed by atoms with Crippen LogP contribution in [0.3, 0.4) is 0 Å². The van der Waals surface area contributed by atoms with Crippen LogP contribution in [-0.4, -0.2) is 40.1 Å². The second-order valence-corrected chi connectivity index (χ2v) is 8.81. The van der Waals surface area contributed by atoms with Crippen LogP contribution < -0.4 is 9.46 Å². The Bertz CT molecular complexity index is 982. The molecule has 1 N–H and O–H groups in total. The van der Waals surface area contributed by atoms with Gasteiger partial charge in [-0.3, -0.25) is 4.90 Å². The van der Waals surface area contributed by atoms with Crippen molar-refractivity contribution in [1.29, 1.82) is 5.26 Å². The number of nitrogens with one attached hydrogen (secondary N) is 1. The maximum Gasteiger partial charge on any atom is 0.240 e. The molecule has 6 nitrogen and oxygen atoms in total. The second kappa shape index (κ2) is 8.93. The molecule has 2 aromatic carbocycles. The second-order valence-electron chi connectivity index (χ2n) is 6.64. The van der Waals surface area contributed by atoms with Gasteiger partial charge in [-0.2, -0.15) is 5.26 Å². The quantitative estimate of drug-likeness (QED) is 0.744. The van der Waals surface area contributed by atoms with Gasteiger partial charge in [-0.05, 0) is 61.8 Å². The molecule has 2 aromatic rings. The normalized spacial score (nSPS) is 15.9. The predicted octanol–water partition coefficient (Wildman–Crippen LogP) is 3.34. The Labute approximate surface area is 170 Å². The van der Waals surface area contributed by atoms with Crippen LogP contribution in [0.25, 0.3) is 0 Å². The zero-order valence-corrected chi connectivity index (χ0v) is 17.1. The van der Waals surface area contributed by atoms with Gasteiger partial charge in [-0.25, -0.2) is 13.1 Å². The molecule has 1 atom stereocenters. The van der Waals surface area contributed by atoms with Crippen molar-refractivity contribution < 1.29 is 13.2 Å². The molecule has 0 amide bonds. The molecule has 148 valence electrons. The van der Waals surface area contributed by atoms with Gasteiger partial charge in [-0.1, -0.05) is 23.7 Å². The SMILES string of the molecule is COc1cccc(C(CNS(=O)(=O)c2ccc(C#N)c(Cl)c2)N2CCCC2)c1. The molecule has 28 heavy (non-hydrogen) atoms. The van der Waals surface area contributed by atoms with E-state index in [0.717, 1.165) is 37.2 Å². The smallest absolute Gasteiger partial charge is 0.240 e. The van der Waals surface area contributed by atoms with Crippen LogP contribution >= 0.6 is 11.6 Å². The standard InChI is InChI=1S/C20H22ClN3O3S/c1-27-17-6-4-5-15(11-17)20(24-9-2-3-10-24)14-23-28(25,26)18-8-7-16(13-22)19(21)12-18/h4-8,11-12,20,23H,2-3,9-10,14H2,1H3. The zero-order chi connectivity index (χ0) is 20.1. The average molecular weight is 420 g/mol. The van der Waals surface area contributed by atoms with Crippen molar-refractivity contribution in [3.05, 3.63) is 58.6 Å². The molecule has 0 bridgehead atoms. The van der Waals surface area contributed by atoms with E-state index in [9.17, 15) is 8.42 Å². The highest BCUT2D eigenvalue weighted by molar-refractivity contribution is 7.89. The number of halogens is 1. The summed E-state index contributed by atoms with van der Waals surface area (Å²) in [6, 6.07) is 13.6. The van der Waals surface area contributed by atoms with E-state index >= 15 is 0 Å². The summed E-state index contributed by atoms with van der Waals surface area (Å²) >= 11 is 5.99. The monoisotopic (exact) mass is 419 g/mol. The Kier molecular flexibility index (Phi) is 6.57. The van der Waals surface area contributed by atoms with Crippen molar-refractivity contribution in [2.45, 2.75) is 23.8 Å². The molecule has 0 aromatic heterocycles. The third-order valence-corrected chi connectivity index (χ3v) is 6.63. The van der Waals surface area contributed by atoms with Gasteiger partial charge in [-0.15, -0.1) is 0 Å². The van der Waals surface area contributed by atoms with Crippen molar-refractivity contribution in [2.75, 3.05) is 26.7 Å². The fraction of sp³-hybridized carbons (Fsp3) is 0.350. The third kappa shape index (κ3) is 4.65. The molecule has 1 heterocycles. The van der Waals surface area contributed by atoms with Crippen LogP contribution in [0.2, 0.25) is 5.02 Å². The van der Waals surface area contributed by atoms with Crippen LogP contribution in [-0.2, 0) is 10.0 Å². The van der Waals surface area contributed by atoms with E-state index in [1.165, 1.54) is 18.2 Å². The summed E-state index contributed by atoms with van der Waals surface area (Å²) in [6.07, 6.45) is 2.19. The molecule has 1 unspecified atom stereocenters. The summed E-state index contributed by atoms with van der Waals surface area (Å²) in [4.78, 5) is 2.32. The maximum atomic E-state index is 12.8. The average Bonchev–Trinajstić information content (AvgIpc) is 3.22. The molecular formula is C20H22ClN3O3S. The predicted molar refractivity (Wildman–Crippen MR) is 108 cm³/mol. The van der Waals surface area contributed by atoms with Gasteiger partial charge in [0.15, 0.2) is 0 Å². The highest BCUT2D eigenvalue weighted by Gasteiger charge is 2.26. The largest absolute Gasteiger partial charge is 0.497 e. The number of sulfonamides is 1. The number of nitrogens with zero attached hydrogens (tertiary/aromatic N) is 2. The fourth-order valence-corrected chi connectivity index (χ4v) is 4.74. The van der Waals surface area contributed by atoms with Gasteiger partial charge in [0, 0.05) is 12.6 Å². The van der Waals surface area contributed by atoms with Crippen molar-refractivity contribution in [2.24, 2.45) is 0 Å². The first-order chi connectivity index (χ1) is 13.4. The Balaban J connectivity index is 1.83. The van der Waals surface area contributed by atoms with Crippen LogP contribution in [0.1, 0.15) is 30.0 Å². The van der Waals surface area contributed by atoms with Gasteiger partial charge < -0.3 is 4.74 Å². The molecule has 0 aliphatic carbocycles. The molecule has 0 radical (unpaired) electrons. The molecule has 1 saturated heterocycles. The first kappa shape index (κ1) is 20.6. The van der Waals surface area contributed by atoms with Crippen LogP contribution in [0.4, 0.5) is 0 Å². The van der Waals surface area contributed by atoms with E-state index in [-0.39, 0.29) is 28.1 Å². The highest BCUT2D eigenvalue weighted by Crippen LogP contribution is 2.28. The lowest BCUT2D eigenvalue weighted by atomic mass is 10.1. The number of hydrogen-bond acceptors (Lipinski definition) is 5. The minimum atomic E-state index is -3.76. The van der Waals surface area contributed by atoms with Crippen molar-refractivity contribution >= 4 is 21.6 Å². The lowest BCUT2D eigenvalue weighted by molar-refractivity contribution is 0.246. The van der Waals surface area contributed by atoms with Gasteiger partial charge in [0.1, 0.15) is 11.8 Å². The van der Waals surface area contributed by atoms with Crippen LogP contribution in [0, 0.1) is 11.3 Å². The lowest BCUT2D eigenvalue weighted by Crippen LogP contribution is -2.36. The number of ether oxygens (including phenoxy) is 1. The number of hydrogen-bond donors (Lipinski definition) is 1. The van der Waals surface area contributed by atoms with E-state index in [2.05, 4.69) is 9.62 Å². The number of benzene rings is 2. The molecular weight excluding hydrogens is 398 g/mol. The number of methoxy groups -OCH3 is 1. The maximum absolute atomic E-state index is 12.8. The van der Waals surface area contributed by atoms with Gasteiger partial charge in [0.2, 0.25) is 10.0 Å². The molecule has 0 saturated carbocycles. The Morgan fingerprint density at radius 3 is 2.64 bits per heavy atom. The first-order valence-electron chi connectivity index (χ1n) is 9.02. The molecule has 0 spiro atoms. The molecule has 8 heteroatoms. The van der Waals surface area contributed by atoms with Crippen LogP contribution in [0.15, 0.2) is 47.4 Å². The first-order valence-corrected chi connectivity index (χ1v) is 10.9. The van der Waals surface area contributed by atoms with E-state index in [1.54, 1.807) is 7.11 Å². The minimum absolute atomic E-state index is 0.0438. The Hall–Kier alpha value is -2.11. The van der Waals surface area contributed by atoms with Gasteiger partial charge in [0.05, 0.1) is 22.6 Å². The molecule has 1 aliphatic rings. The topological polar surface area (TPSA) is 82.4 Å². The Morgan fingerprint density at radius 1 is 1.25 bits per heavy atom. The molecule has 1 fully saturated rings. The molecule has 3 rings (SSSR count). The van der Waals surface area contributed by atoms with E-state index in [0.29, 0.717) is 0 Å². The summed E-state index contributed by atoms with van der Waals surface area (Å²) in [5.41, 5.74) is 1.24. The number of nitriles is 1. The van der Waals surface area contributed by atoms with E-state index < -0.39 is 10.0 Å². The third-order valence-electron chi connectivity index (χ3n) is 4.90. The zero-order valence-electron chi connectivity index (χ0n) is 15.6. The van der Waals surface area contributed by atoms with E-state index in [4.69, 9.17) is 21.6 Å². The minimum Gasteiger partial charge on any atom is -0.497 e. The van der Waals surface area contributed by atoms with Crippen molar-refractivity contribution in [3.63, 3.8) is 0 Å². The summed E-state index contributed by atoms with van der Waals surface area (Å²) in [6.45, 7) is 2.08. The summed E-state index contributed by atoms with van der Waals surface area (Å²) in [5, 5.41) is 9.08. The molecule has 1 aliphatic heterocycles. The van der Waals surface area contributed by atoms with Gasteiger partial charge in [0.25, 0.3) is 0 Å². The summed E-state index contributed by atoms with van der Waals surface area (Å²) in [7, 11) is -2.15. The van der Waals surface area contributed by atoms with Crippen molar-refractivity contribution in [3.8, 4) is 11.8 Å². The number of rotatable bonds is 7. The lowest BCUT2D eigenvalue weighted by Gasteiger charge is -2.28. The Morgan fingerprint density at radius 2 is 2.00 bits per heavy atom. The fourth-order valence-electron chi connectivity index (χ4n) is 3.39. The number of likely N-dealkylation sites (tertiary alicyclic amines) is 1. The highest BCUT2D eigenvalue weighted by atomic mass is 35.5. The van der Waals surface area contributed by atoms with Gasteiger partial charge >= 0.3 is 0 Å². The summed E-state index contributed by atoms with van der Waals surface area (Å²) in [5.74, 6) is 0.739. The van der Waals surface area contributed by atoms with Crippen molar-refractivity contribution in [1.82, 2.24) is 9.62 Å². The summed E-state index contributed by atoms with van der Waals surface area (Å²) < 4.78 is 33.5.